The number of unbranched alkanes of at least 4 members (excludes halogenated alkanes) is 1. The lowest BCUT2D eigenvalue weighted by atomic mass is 10.1. The Balaban J connectivity index is 0.756. The van der Waals surface area contributed by atoms with Crippen LogP contribution < -0.4 is 19.7 Å². The largest absolute Gasteiger partial charge is 0.494 e. The lowest BCUT2D eigenvalue weighted by Gasteiger charge is -2.34. The summed E-state index contributed by atoms with van der Waals surface area (Å²) in [5.41, 5.74) is 7.01. The number of amides is 4. The molecule has 6 aromatic rings. The highest BCUT2D eigenvalue weighted by Crippen LogP contribution is 2.34. The Labute approximate surface area is 326 Å². The number of carbonyl (C=O) groups is 3. The minimum atomic E-state index is -0.481. The van der Waals surface area contributed by atoms with E-state index in [9.17, 15) is 14.4 Å². The molecule has 12 nitrogen and oxygen atoms in total. The normalized spacial score (nSPS) is 15.1. The molecule has 12 heteroatoms. The second-order valence-electron chi connectivity index (χ2n) is 14.5. The number of urea groups is 1. The van der Waals surface area contributed by atoms with Crippen LogP contribution in [0.4, 0.5) is 10.6 Å². The van der Waals surface area contributed by atoms with Crippen LogP contribution in [0.2, 0.25) is 0 Å². The van der Waals surface area contributed by atoms with Gasteiger partial charge in [0.05, 0.1) is 17.8 Å². The van der Waals surface area contributed by atoms with Gasteiger partial charge in [-0.3, -0.25) is 29.4 Å². The van der Waals surface area contributed by atoms with Crippen LogP contribution in [-0.2, 0) is 23.2 Å². The molecule has 4 amide bonds. The summed E-state index contributed by atoms with van der Waals surface area (Å²) < 4.78 is 16.1. The predicted molar refractivity (Wildman–Crippen MR) is 217 cm³/mol. The van der Waals surface area contributed by atoms with E-state index in [1.165, 1.54) is 38.2 Å². The molecule has 288 valence electrons. The van der Waals surface area contributed by atoms with Gasteiger partial charge in [0, 0.05) is 75.1 Å². The Morgan fingerprint density at radius 3 is 2.32 bits per heavy atom. The molecule has 4 heterocycles. The van der Waals surface area contributed by atoms with Crippen molar-refractivity contribution in [3.63, 3.8) is 0 Å². The fourth-order valence-electron chi connectivity index (χ4n) is 7.84. The average molecular weight is 754 g/mol. The van der Waals surface area contributed by atoms with Crippen molar-refractivity contribution in [2.75, 3.05) is 57.4 Å². The molecule has 0 saturated carbocycles. The quantitative estimate of drug-likeness (QED) is 0.136. The third kappa shape index (κ3) is 7.83. The van der Waals surface area contributed by atoms with Crippen LogP contribution >= 0.6 is 0 Å². The van der Waals surface area contributed by atoms with Crippen molar-refractivity contribution in [3.05, 3.63) is 108 Å². The minimum Gasteiger partial charge on any atom is -0.494 e. The minimum absolute atomic E-state index is 0.0435. The number of hydrogen-bond acceptors (Lipinski definition) is 7. The standard InChI is InChI=1S/C44H47N7O5/c1-31-36-12-6-7-13-38(36)51(42(31)33-10-4-3-5-11-33)29-32-14-16-34(17-15-32)55-27-9-8-21-48-23-25-49(26-24-48)41(53)30-56-35-18-19-37-39(28-35)47(2)46-43(37)50-22-20-40(52)45-44(50)54/h3-7,10-19,28H,8-9,20-27,29-30H2,1-2H3,(H,45,52,54). The number of benzene rings is 4. The number of nitrogens with one attached hydrogen (secondary N) is 1. The Morgan fingerprint density at radius 1 is 0.786 bits per heavy atom. The van der Waals surface area contributed by atoms with Crippen molar-refractivity contribution >= 4 is 45.5 Å². The van der Waals surface area contributed by atoms with Crippen molar-refractivity contribution in [1.82, 2.24) is 29.5 Å². The van der Waals surface area contributed by atoms with E-state index in [4.69, 9.17) is 9.47 Å². The molecule has 2 aromatic heterocycles. The molecule has 8 rings (SSSR count). The maximum Gasteiger partial charge on any atom is 0.329 e. The molecule has 2 aliphatic heterocycles. The SMILES string of the molecule is Cc1c(-c2ccccc2)n(Cc2ccc(OCCCCN3CCN(C(=O)COc4ccc5c(N6CCC(=O)NC6=O)nn(C)c5c4)CC3)cc2)c2ccccc12. The van der Waals surface area contributed by atoms with E-state index < -0.39 is 6.03 Å². The number of rotatable bonds is 13. The van der Waals surface area contributed by atoms with Crippen LogP contribution in [0.5, 0.6) is 11.5 Å². The molecule has 0 spiro atoms. The van der Waals surface area contributed by atoms with Gasteiger partial charge >= 0.3 is 6.03 Å². The van der Waals surface area contributed by atoms with Crippen LogP contribution in [0, 0.1) is 6.92 Å². The van der Waals surface area contributed by atoms with Crippen LogP contribution in [0.3, 0.4) is 0 Å². The summed E-state index contributed by atoms with van der Waals surface area (Å²) in [6, 6.07) is 32.7. The zero-order valence-corrected chi connectivity index (χ0v) is 31.9. The third-order valence-corrected chi connectivity index (χ3v) is 10.9. The molecule has 4 aromatic carbocycles. The summed E-state index contributed by atoms with van der Waals surface area (Å²) in [7, 11) is 1.79. The number of anilines is 1. The van der Waals surface area contributed by atoms with Gasteiger partial charge in [0.1, 0.15) is 11.5 Å². The molecule has 0 radical (unpaired) electrons. The zero-order chi connectivity index (χ0) is 38.6. The van der Waals surface area contributed by atoms with Gasteiger partial charge in [-0.15, -0.1) is 0 Å². The maximum atomic E-state index is 13.0. The van der Waals surface area contributed by atoms with Gasteiger partial charge in [-0.05, 0) is 73.3 Å². The zero-order valence-electron chi connectivity index (χ0n) is 31.9. The summed E-state index contributed by atoms with van der Waals surface area (Å²) in [5, 5.41) is 8.90. The first kappa shape index (κ1) is 36.8. The average Bonchev–Trinajstić information content (AvgIpc) is 3.69. The molecule has 0 unspecified atom stereocenters. The number of piperazine rings is 1. The summed E-state index contributed by atoms with van der Waals surface area (Å²) >= 11 is 0. The van der Waals surface area contributed by atoms with Crippen molar-refractivity contribution in [3.8, 4) is 22.8 Å². The number of aromatic nitrogens is 3. The fourth-order valence-corrected chi connectivity index (χ4v) is 7.84. The smallest absolute Gasteiger partial charge is 0.329 e. The lowest BCUT2D eigenvalue weighted by molar-refractivity contribution is -0.135. The number of ether oxygens (including phenoxy) is 2. The first-order chi connectivity index (χ1) is 27.3. The van der Waals surface area contributed by atoms with E-state index in [0.717, 1.165) is 55.7 Å². The predicted octanol–water partition coefficient (Wildman–Crippen LogP) is 6.38. The van der Waals surface area contributed by atoms with Gasteiger partial charge in [0.2, 0.25) is 5.91 Å². The number of para-hydroxylation sites is 1. The number of nitrogens with zero attached hydrogens (tertiary/aromatic N) is 6. The Bertz CT molecular complexity index is 2360. The van der Waals surface area contributed by atoms with Gasteiger partial charge in [0.15, 0.2) is 12.4 Å². The van der Waals surface area contributed by atoms with Crippen molar-refractivity contribution < 1.29 is 23.9 Å². The van der Waals surface area contributed by atoms with E-state index in [-0.39, 0.29) is 31.4 Å². The van der Waals surface area contributed by atoms with E-state index in [1.807, 2.05) is 17.0 Å². The van der Waals surface area contributed by atoms with Gasteiger partial charge < -0.3 is 18.9 Å². The Hall–Kier alpha value is -6.14. The molecular formula is C44H47N7O5. The summed E-state index contributed by atoms with van der Waals surface area (Å²) in [6.07, 6.45) is 2.20. The Morgan fingerprint density at radius 2 is 1.54 bits per heavy atom. The highest BCUT2D eigenvalue weighted by molar-refractivity contribution is 6.09. The Kier molecular flexibility index (Phi) is 10.7. The topological polar surface area (TPSA) is 114 Å². The number of fused-ring (bicyclic) bond motifs is 2. The molecule has 1 N–H and O–H groups in total. The number of hydrogen-bond donors (Lipinski definition) is 1. The summed E-state index contributed by atoms with van der Waals surface area (Å²) in [4.78, 5) is 42.7. The monoisotopic (exact) mass is 753 g/mol. The molecule has 56 heavy (non-hydrogen) atoms. The fraction of sp³-hybridized carbons (Fsp3) is 0.318. The highest BCUT2D eigenvalue weighted by Gasteiger charge is 2.28. The van der Waals surface area contributed by atoms with Crippen LogP contribution in [-0.4, -0.2) is 94.5 Å². The molecule has 0 atom stereocenters. The summed E-state index contributed by atoms with van der Waals surface area (Å²) in [6.45, 7) is 7.84. The second-order valence-corrected chi connectivity index (χ2v) is 14.5. The van der Waals surface area contributed by atoms with Gasteiger partial charge in [0.25, 0.3) is 5.91 Å². The van der Waals surface area contributed by atoms with Crippen molar-refractivity contribution in [2.24, 2.45) is 7.05 Å². The molecule has 2 aliphatic rings. The van der Waals surface area contributed by atoms with Gasteiger partial charge in [-0.1, -0.05) is 60.7 Å². The number of aryl methyl sites for hydroxylation is 2. The van der Waals surface area contributed by atoms with E-state index >= 15 is 0 Å². The van der Waals surface area contributed by atoms with Crippen molar-refractivity contribution in [1.29, 1.82) is 0 Å². The highest BCUT2D eigenvalue weighted by atomic mass is 16.5. The first-order valence-corrected chi connectivity index (χ1v) is 19.4. The molecule has 0 aliphatic carbocycles. The lowest BCUT2D eigenvalue weighted by Crippen LogP contribution is -2.50. The molecule has 0 bridgehead atoms. The third-order valence-electron chi connectivity index (χ3n) is 10.9. The summed E-state index contributed by atoms with van der Waals surface area (Å²) in [5.74, 6) is 1.58. The van der Waals surface area contributed by atoms with Crippen LogP contribution in [0.15, 0.2) is 97.1 Å². The molecule has 2 fully saturated rings. The van der Waals surface area contributed by atoms with Gasteiger partial charge in [-0.25, -0.2) is 4.79 Å². The number of imide groups is 1. The van der Waals surface area contributed by atoms with Crippen LogP contribution in [0.25, 0.3) is 33.1 Å². The van der Waals surface area contributed by atoms with Gasteiger partial charge in [-0.2, -0.15) is 5.10 Å². The molecule has 2 saturated heterocycles. The number of carbonyl (C=O) groups excluding carboxylic acids is 3. The maximum absolute atomic E-state index is 13.0. The second kappa shape index (κ2) is 16.3. The van der Waals surface area contributed by atoms with E-state index in [0.29, 0.717) is 31.3 Å². The van der Waals surface area contributed by atoms with E-state index in [1.54, 1.807) is 17.8 Å². The van der Waals surface area contributed by atoms with E-state index in [2.05, 4.69) is 106 Å². The first-order valence-electron chi connectivity index (χ1n) is 19.4. The van der Waals surface area contributed by atoms with Crippen molar-refractivity contribution in [2.45, 2.75) is 32.7 Å². The molecular weight excluding hydrogens is 707 g/mol. The van der Waals surface area contributed by atoms with Crippen LogP contribution in [0.1, 0.15) is 30.4 Å².